The molecule has 3 rings (SSSR count). The fourth-order valence-electron chi connectivity index (χ4n) is 2.88. The summed E-state index contributed by atoms with van der Waals surface area (Å²) in [5.41, 5.74) is 0.933. The highest BCUT2D eigenvalue weighted by Crippen LogP contribution is 2.24. The van der Waals surface area contributed by atoms with Gasteiger partial charge >= 0.3 is 6.09 Å². The van der Waals surface area contributed by atoms with Gasteiger partial charge in [0.25, 0.3) is 5.69 Å². The Balaban J connectivity index is 1.57. The summed E-state index contributed by atoms with van der Waals surface area (Å²) in [6.07, 6.45) is -1.10. The molecule has 1 aliphatic rings. The smallest absolute Gasteiger partial charge is 0.410 e. The van der Waals surface area contributed by atoms with Crippen molar-refractivity contribution in [3.63, 3.8) is 0 Å². The van der Waals surface area contributed by atoms with Crippen molar-refractivity contribution >= 4 is 35.0 Å². The number of nitro benzene ring substituents is 1. The summed E-state index contributed by atoms with van der Waals surface area (Å²) in [5.74, 6) is 0.218. The van der Waals surface area contributed by atoms with Crippen LogP contribution in [0.15, 0.2) is 42.5 Å². The number of rotatable bonds is 5. The number of non-ortho nitro benzene ring substituents is 1. The van der Waals surface area contributed by atoms with E-state index in [-0.39, 0.29) is 11.4 Å². The second-order valence-electron chi connectivity index (χ2n) is 6.54. The Hall–Kier alpha value is -2.39. The van der Waals surface area contributed by atoms with E-state index < -0.39 is 17.2 Å². The van der Waals surface area contributed by atoms with Gasteiger partial charge in [-0.1, -0.05) is 29.3 Å². The van der Waals surface area contributed by atoms with E-state index in [0.29, 0.717) is 36.3 Å². The maximum absolute atomic E-state index is 12.4. The van der Waals surface area contributed by atoms with Crippen molar-refractivity contribution in [1.82, 2.24) is 9.80 Å². The molecule has 154 valence electrons. The Morgan fingerprint density at radius 1 is 1.28 bits per heavy atom. The Bertz CT molecular complexity index is 894. The first-order valence-electron chi connectivity index (χ1n) is 8.80. The molecule has 2 aromatic rings. The molecule has 0 radical (unpaired) electrons. The van der Waals surface area contributed by atoms with Crippen molar-refractivity contribution in [2.45, 2.75) is 12.8 Å². The zero-order valence-corrected chi connectivity index (χ0v) is 17.1. The van der Waals surface area contributed by atoms with Gasteiger partial charge in [-0.05, 0) is 29.8 Å². The highest BCUT2D eigenvalue weighted by molar-refractivity contribution is 6.42. The van der Waals surface area contributed by atoms with E-state index in [2.05, 4.69) is 4.90 Å². The first kappa shape index (κ1) is 21.3. The molecule has 0 bridgehead atoms. The van der Waals surface area contributed by atoms with E-state index in [1.165, 1.54) is 29.2 Å². The maximum Gasteiger partial charge on any atom is 0.417 e. The zero-order valence-electron chi connectivity index (χ0n) is 15.6. The van der Waals surface area contributed by atoms with Gasteiger partial charge in [0, 0.05) is 38.8 Å². The summed E-state index contributed by atoms with van der Waals surface area (Å²) in [6, 6.07) is 10.8. The van der Waals surface area contributed by atoms with Crippen LogP contribution in [0.2, 0.25) is 10.0 Å². The average Bonchev–Trinajstić information content (AvgIpc) is 2.71. The summed E-state index contributed by atoms with van der Waals surface area (Å²) in [5, 5.41) is 11.7. The monoisotopic (exact) mass is 439 g/mol. The van der Waals surface area contributed by atoms with Gasteiger partial charge in [-0.25, -0.2) is 4.79 Å². The second kappa shape index (κ2) is 9.41. The van der Waals surface area contributed by atoms with Gasteiger partial charge in [0.15, 0.2) is 0 Å². The number of ether oxygens (including phenoxy) is 2. The topological polar surface area (TPSA) is 85.2 Å². The number of benzene rings is 2. The van der Waals surface area contributed by atoms with Crippen LogP contribution < -0.4 is 4.74 Å². The third-order valence-corrected chi connectivity index (χ3v) is 5.23. The predicted octanol–water partition coefficient (Wildman–Crippen LogP) is 4.19. The maximum atomic E-state index is 12.4. The van der Waals surface area contributed by atoms with E-state index >= 15 is 0 Å². The number of nitrogens with zero attached hydrogens (tertiary/aromatic N) is 3. The largest absolute Gasteiger partial charge is 0.417 e. The second-order valence-corrected chi connectivity index (χ2v) is 7.35. The third-order valence-electron chi connectivity index (χ3n) is 4.49. The van der Waals surface area contributed by atoms with Crippen LogP contribution in [0.5, 0.6) is 5.75 Å². The van der Waals surface area contributed by atoms with Crippen LogP contribution >= 0.6 is 23.2 Å². The van der Waals surface area contributed by atoms with E-state index in [9.17, 15) is 14.9 Å². The molecule has 1 heterocycles. The average molecular weight is 440 g/mol. The number of hydrogen-bond acceptors (Lipinski definition) is 6. The van der Waals surface area contributed by atoms with Gasteiger partial charge in [-0.15, -0.1) is 0 Å². The fraction of sp³-hybridized carbons (Fsp3) is 0.316. The van der Waals surface area contributed by atoms with E-state index in [0.717, 1.165) is 5.56 Å². The fourth-order valence-corrected chi connectivity index (χ4v) is 3.20. The van der Waals surface area contributed by atoms with Gasteiger partial charge < -0.3 is 9.47 Å². The van der Waals surface area contributed by atoms with Crippen molar-refractivity contribution in [3.05, 3.63) is 68.2 Å². The van der Waals surface area contributed by atoms with Crippen molar-refractivity contribution in [2.75, 3.05) is 26.7 Å². The molecule has 0 unspecified atom stereocenters. The van der Waals surface area contributed by atoms with Crippen LogP contribution in [0.3, 0.4) is 0 Å². The lowest BCUT2D eigenvalue weighted by Crippen LogP contribution is -2.51. The highest BCUT2D eigenvalue weighted by Gasteiger charge is 2.28. The van der Waals surface area contributed by atoms with Gasteiger partial charge in [0.05, 0.1) is 21.6 Å². The highest BCUT2D eigenvalue weighted by atomic mass is 35.5. The summed E-state index contributed by atoms with van der Waals surface area (Å²) >= 11 is 12.0. The molecular weight excluding hydrogens is 421 g/mol. The zero-order chi connectivity index (χ0) is 21.0. The minimum Gasteiger partial charge on any atom is -0.410 e. The molecular formula is C19H19Cl2N3O5. The number of morpholine rings is 1. The SMILES string of the molecule is CN(C(=O)Oc1ccc([N+](=O)[O-])cc1)[C@@H]1CN(Cc2ccc(Cl)c(Cl)c2)CCO1. The molecule has 0 saturated carbocycles. The van der Waals surface area contributed by atoms with Crippen LogP contribution in [-0.4, -0.2) is 53.8 Å². The number of nitro groups is 1. The molecule has 10 heteroatoms. The van der Waals surface area contributed by atoms with Gasteiger partial charge in [0.2, 0.25) is 0 Å². The number of halogens is 2. The lowest BCUT2D eigenvalue weighted by atomic mass is 10.2. The molecule has 29 heavy (non-hydrogen) atoms. The molecule has 0 aromatic heterocycles. The molecule has 1 fully saturated rings. The first-order valence-corrected chi connectivity index (χ1v) is 9.56. The van der Waals surface area contributed by atoms with Crippen LogP contribution in [0, 0.1) is 10.1 Å². The Labute approximate surface area is 177 Å². The minimum atomic E-state index is -0.611. The quantitative estimate of drug-likeness (QED) is 0.512. The Kier molecular flexibility index (Phi) is 6.92. The van der Waals surface area contributed by atoms with Crippen molar-refractivity contribution in [2.24, 2.45) is 0 Å². The normalized spacial score (nSPS) is 17.0. The molecule has 0 spiro atoms. The standard InChI is InChI=1S/C19H19Cl2N3O5/c1-22(19(25)29-15-5-3-14(4-6-15)24(26)27)18-12-23(8-9-28-18)11-13-2-7-16(20)17(21)10-13/h2-7,10,18H,8-9,11-12H2,1H3/t18-/m0/s1. The number of carbonyl (C=O) groups excluding carboxylic acids is 1. The van der Waals surface area contributed by atoms with Gasteiger partial charge in [0.1, 0.15) is 12.0 Å². The molecule has 1 amide bonds. The number of likely N-dealkylation sites (N-methyl/N-ethyl adjacent to an activating group) is 1. The Morgan fingerprint density at radius 2 is 2.00 bits per heavy atom. The lowest BCUT2D eigenvalue weighted by Gasteiger charge is -2.37. The van der Waals surface area contributed by atoms with E-state index in [4.69, 9.17) is 32.7 Å². The van der Waals surface area contributed by atoms with Crippen LogP contribution in [-0.2, 0) is 11.3 Å². The summed E-state index contributed by atoms with van der Waals surface area (Å²) in [4.78, 5) is 26.1. The predicted molar refractivity (Wildman–Crippen MR) is 108 cm³/mol. The number of hydrogen-bond donors (Lipinski definition) is 0. The molecule has 1 atom stereocenters. The van der Waals surface area contributed by atoms with Crippen molar-refractivity contribution in [3.8, 4) is 5.75 Å². The molecule has 8 nitrogen and oxygen atoms in total. The molecule has 0 aliphatic carbocycles. The third kappa shape index (κ3) is 5.57. The van der Waals surface area contributed by atoms with Crippen molar-refractivity contribution < 1.29 is 19.2 Å². The van der Waals surface area contributed by atoms with E-state index in [1.54, 1.807) is 13.1 Å². The number of carbonyl (C=O) groups is 1. The molecule has 1 aliphatic heterocycles. The number of amides is 1. The summed E-state index contributed by atoms with van der Waals surface area (Å²) in [7, 11) is 1.58. The summed E-state index contributed by atoms with van der Waals surface area (Å²) in [6.45, 7) is 2.30. The van der Waals surface area contributed by atoms with Crippen LogP contribution in [0.1, 0.15) is 5.56 Å². The van der Waals surface area contributed by atoms with Crippen LogP contribution in [0.25, 0.3) is 0 Å². The molecule has 1 saturated heterocycles. The molecule has 0 N–H and O–H groups in total. The van der Waals surface area contributed by atoms with Gasteiger partial charge in [-0.3, -0.25) is 19.9 Å². The van der Waals surface area contributed by atoms with Crippen molar-refractivity contribution in [1.29, 1.82) is 0 Å². The minimum absolute atomic E-state index is 0.0771. The Morgan fingerprint density at radius 3 is 2.66 bits per heavy atom. The molecule has 2 aromatic carbocycles. The summed E-state index contributed by atoms with van der Waals surface area (Å²) < 4.78 is 11.0. The first-order chi connectivity index (χ1) is 13.8. The van der Waals surface area contributed by atoms with Gasteiger partial charge in [-0.2, -0.15) is 0 Å². The van der Waals surface area contributed by atoms with Crippen LogP contribution in [0.4, 0.5) is 10.5 Å². The lowest BCUT2D eigenvalue weighted by molar-refractivity contribution is -0.384. The van der Waals surface area contributed by atoms with E-state index in [1.807, 2.05) is 12.1 Å².